The normalized spacial score (nSPS) is 10.8. The molecule has 1 N–H and O–H groups in total. The molecule has 0 atom stereocenters. The molecule has 0 unspecified atom stereocenters. The van der Waals surface area contributed by atoms with Crippen LogP contribution in [0.2, 0.25) is 0 Å². The predicted molar refractivity (Wildman–Crippen MR) is 102 cm³/mol. The molecule has 0 aromatic heterocycles. The van der Waals surface area contributed by atoms with Crippen LogP contribution in [0.3, 0.4) is 0 Å². The summed E-state index contributed by atoms with van der Waals surface area (Å²) in [6.45, 7) is 8.98. The zero-order valence-corrected chi connectivity index (χ0v) is 15.6. The van der Waals surface area contributed by atoms with Crippen molar-refractivity contribution in [1.29, 1.82) is 0 Å². The molecule has 0 aliphatic carbocycles. The minimum absolute atomic E-state index is 0.165. The highest BCUT2D eigenvalue weighted by atomic mass is 16.5. The van der Waals surface area contributed by atoms with E-state index in [9.17, 15) is 4.79 Å². The molecule has 25 heavy (non-hydrogen) atoms. The van der Waals surface area contributed by atoms with E-state index >= 15 is 0 Å². The van der Waals surface area contributed by atoms with Crippen molar-refractivity contribution in [3.05, 3.63) is 53.6 Å². The van der Waals surface area contributed by atoms with Crippen LogP contribution in [0, 0.1) is 5.92 Å². The molecular weight excluding hydrogens is 314 g/mol. The molecule has 4 nitrogen and oxygen atoms in total. The highest BCUT2D eigenvalue weighted by Gasteiger charge is 2.14. The van der Waals surface area contributed by atoms with Crippen LogP contribution in [0.1, 0.15) is 49.5 Å². The Hall–Kier alpha value is -2.49. The molecule has 1 amide bonds. The van der Waals surface area contributed by atoms with E-state index in [1.165, 1.54) is 0 Å². The molecule has 0 saturated carbocycles. The fourth-order valence-corrected chi connectivity index (χ4v) is 2.49. The molecule has 0 fully saturated rings. The van der Waals surface area contributed by atoms with Crippen molar-refractivity contribution in [2.24, 2.45) is 5.92 Å². The van der Waals surface area contributed by atoms with Gasteiger partial charge in [-0.05, 0) is 41.7 Å². The zero-order valence-electron chi connectivity index (χ0n) is 15.6. The van der Waals surface area contributed by atoms with Crippen LogP contribution in [0.4, 0.5) is 5.69 Å². The Bertz CT molecular complexity index is 723. The van der Waals surface area contributed by atoms with Gasteiger partial charge in [-0.25, -0.2) is 0 Å². The van der Waals surface area contributed by atoms with Crippen LogP contribution >= 0.6 is 0 Å². The third-order valence-corrected chi connectivity index (χ3v) is 3.83. The highest BCUT2D eigenvalue weighted by molar-refractivity contribution is 6.05. The molecule has 2 aromatic rings. The summed E-state index contributed by atoms with van der Waals surface area (Å²) in [6.07, 6.45) is 0. The molecule has 0 heterocycles. The number of anilines is 1. The Labute approximate surface area is 150 Å². The van der Waals surface area contributed by atoms with E-state index in [1.807, 2.05) is 24.3 Å². The maximum atomic E-state index is 12.6. The van der Waals surface area contributed by atoms with Crippen LogP contribution in [0.15, 0.2) is 42.5 Å². The molecule has 0 saturated heterocycles. The number of para-hydroxylation sites is 1. The van der Waals surface area contributed by atoms with Crippen molar-refractivity contribution in [3.63, 3.8) is 0 Å². The summed E-state index contributed by atoms with van der Waals surface area (Å²) in [5, 5.41) is 2.99. The first-order valence-electron chi connectivity index (χ1n) is 8.63. The third kappa shape index (κ3) is 4.99. The Balaban J connectivity index is 2.20. The van der Waals surface area contributed by atoms with Crippen LogP contribution in [-0.2, 0) is 0 Å². The summed E-state index contributed by atoms with van der Waals surface area (Å²) in [4.78, 5) is 12.6. The topological polar surface area (TPSA) is 47.6 Å². The lowest BCUT2D eigenvalue weighted by Crippen LogP contribution is -2.14. The number of hydrogen-bond donors (Lipinski definition) is 1. The Morgan fingerprint density at radius 3 is 2.40 bits per heavy atom. The number of methoxy groups -OCH3 is 1. The molecule has 4 heteroatoms. The first kappa shape index (κ1) is 18.8. The van der Waals surface area contributed by atoms with Crippen LogP contribution in [0.25, 0.3) is 0 Å². The smallest absolute Gasteiger partial charge is 0.255 e. The molecule has 0 radical (unpaired) electrons. The molecule has 0 bridgehead atoms. The van der Waals surface area contributed by atoms with Crippen LogP contribution in [-0.4, -0.2) is 19.6 Å². The fourth-order valence-electron chi connectivity index (χ4n) is 2.49. The number of benzene rings is 2. The minimum atomic E-state index is -0.165. The lowest BCUT2D eigenvalue weighted by Gasteiger charge is -2.15. The zero-order chi connectivity index (χ0) is 18.4. The summed E-state index contributed by atoms with van der Waals surface area (Å²) in [6, 6.07) is 13.1. The lowest BCUT2D eigenvalue weighted by molar-refractivity contribution is 0.102. The summed E-state index contributed by atoms with van der Waals surface area (Å²) in [5.74, 6) is 1.79. The van der Waals surface area contributed by atoms with Gasteiger partial charge in [0.25, 0.3) is 5.91 Å². The van der Waals surface area contributed by atoms with Crippen LogP contribution in [0.5, 0.6) is 11.5 Å². The first-order valence-corrected chi connectivity index (χ1v) is 8.63. The second-order valence-corrected chi connectivity index (χ2v) is 6.77. The van der Waals surface area contributed by atoms with Crippen molar-refractivity contribution in [2.45, 2.75) is 33.6 Å². The van der Waals surface area contributed by atoms with Crippen molar-refractivity contribution in [2.75, 3.05) is 19.0 Å². The molecule has 0 aliphatic heterocycles. The average Bonchev–Trinajstić information content (AvgIpc) is 2.59. The number of ether oxygens (including phenoxy) is 2. The van der Waals surface area contributed by atoms with Gasteiger partial charge in [-0.1, -0.05) is 45.9 Å². The monoisotopic (exact) mass is 341 g/mol. The van der Waals surface area contributed by atoms with Gasteiger partial charge < -0.3 is 14.8 Å². The highest BCUT2D eigenvalue weighted by Crippen LogP contribution is 2.29. The number of amides is 1. The number of hydrogen-bond acceptors (Lipinski definition) is 3. The quantitative estimate of drug-likeness (QED) is 0.761. The SMILES string of the molecule is COc1cc(C(=O)Nc2ccccc2C(C)C)ccc1OCC(C)C. The summed E-state index contributed by atoms with van der Waals surface area (Å²) in [7, 11) is 1.58. The van der Waals surface area contributed by atoms with Gasteiger partial charge in [0.1, 0.15) is 0 Å². The maximum absolute atomic E-state index is 12.6. The van der Waals surface area contributed by atoms with Crippen molar-refractivity contribution in [1.82, 2.24) is 0 Å². The minimum Gasteiger partial charge on any atom is -0.493 e. The fraction of sp³-hybridized carbons (Fsp3) is 0.381. The second-order valence-electron chi connectivity index (χ2n) is 6.77. The molecule has 0 aliphatic rings. The summed E-state index contributed by atoms with van der Waals surface area (Å²) in [5.41, 5.74) is 2.48. The van der Waals surface area contributed by atoms with Crippen molar-refractivity contribution >= 4 is 11.6 Å². The number of nitrogens with one attached hydrogen (secondary N) is 1. The number of rotatable bonds is 7. The Morgan fingerprint density at radius 2 is 1.76 bits per heavy atom. The van der Waals surface area contributed by atoms with E-state index in [0.29, 0.717) is 35.5 Å². The number of carbonyl (C=O) groups is 1. The Kier molecular flexibility index (Phi) is 6.45. The van der Waals surface area contributed by atoms with Gasteiger partial charge in [0.15, 0.2) is 11.5 Å². The Morgan fingerprint density at radius 1 is 1.04 bits per heavy atom. The maximum Gasteiger partial charge on any atom is 0.255 e. The van der Waals surface area contributed by atoms with E-state index in [2.05, 4.69) is 33.0 Å². The van der Waals surface area contributed by atoms with Gasteiger partial charge in [0.05, 0.1) is 13.7 Å². The molecule has 2 aromatic carbocycles. The number of carbonyl (C=O) groups excluding carboxylic acids is 1. The standard InChI is InChI=1S/C21H27NO3/c1-14(2)13-25-19-11-10-16(12-20(19)24-5)21(23)22-18-9-7-6-8-17(18)15(3)4/h6-12,14-15H,13H2,1-5H3,(H,22,23). The van der Waals surface area contributed by atoms with E-state index in [1.54, 1.807) is 25.3 Å². The largest absolute Gasteiger partial charge is 0.493 e. The van der Waals surface area contributed by atoms with Crippen molar-refractivity contribution in [3.8, 4) is 11.5 Å². The van der Waals surface area contributed by atoms with E-state index in [-0.39, 0.29) is 5.91 Å². The van der Waals surface area contributed by atoms with Gasteiger partial charge in [-0.2, -0.15) is 0 Å². The molecule has 2 rings (SSSR count). The first-order chi connectivity index (χ1) is 11.9. The van der Waals surface area contributed by atoms with E-state index in [4.69, 9.17) is 9.47 Å². The van der Waals surface area contributed by atoms with E-state index in [0.717, 1.165) is 11.3 Å². The second kappa shape index (κ2) is 8.56. The van der Waals surface area contributed by atoms with E-state index < -0.39 is 0 Å². The van der Waals surface area contributed by atoms with Gasteiger partial charge >= 0.3 is 0 Å². The molecule has 0 spiro atoms. The van der Waals surface area contributed by atoms with Gasteiger partial charge in [0, 0.05) is 11.3 Å². The predicted octanol–water partition coefficient (Wildman–Crippen LogP) is 5.11. The van der Waals surface area contributed by atoms with Gasteiger partial charge in [-0.15, -0.1) is 0 Å². The van der Waals surface area contributed by atoms with Crippen molar-refractivity contribution < 1.29 is 14.3 Å². The van der Waals surface area contributed by atoms with Gasteiger partial charge in [-0.3, -0.25) is 4.79 Å². The lowest BCUT2D eigenvalue weighted by atomic mass is 10.0. The molecular formula is C21H27NO3. The van der Waals surface area contributed by atoms with Gasteiger partial charge in [0.2, 0.25) is 0 Å². The molecule has 134 valence electrons. The average molecular weight is 341 g/mol. The summed E-state index contributed by atoms with van der Waals surface area (Å²) < 4.78 is 11.1. The van der Waals surface area contributed by atoms with Crippen LogP contribution < -0.4 is 14.8 Å². The third-order valence-electron chi connectivity index (χ3n) is 3.83. The summed E-state index contributed by atoms with van der Waals surface area (Å²) >= 11 is 0.